The second-order valence-electron chi connectivity index (χ2n) is 4.05. The van der Waals surface area contributed by atoms with Crippen LogP contribution in [0.3, 0.4) is 0 Å². The fraction of sp³-hybridized carbons (Fsp3) is 0.133. The highest BCUT2D eigenvalue weighted by Gasteiger charge is 2.10. The summed E-state index contributed by atoms with van der Waals surface area (Å²) in [6.45, 7) is -0.0763. The van der Waals surface area contributed by atoms with Gasteiger partial charge in [0.05, 0.1) is 19.3 Å². The maximum Gasteiger partial charge on any atom is 0.169 e. The average Bonchev–Trinajstić information content (AvgIpc) is 2.48. The Labute approximate surface area is 125 Å². The Bertz CT molecular complexity index is 625. The fourth-order valence-corrected chi connectivity index (χ4v) is 2.05. The quantitative estimate of drug-likeness (QED) is 0.848. The molecule has 2 aromatic carbocycles. The number of rotatable bonds is 5. The molecule has 0 heterocycles. The number of methoxy groups -OCH3 is 1. The molecule has 0 aliphatic rings. The van der Waals surface area contributed by atoms with Crippen LogP contribution in [-0.4, -0.2) is 18.5 Å². The largest absolute Gasteiger partial charge is 0.493 e. The smallest absolute Gasteiger partial charge is 0.169 e. The van der Waals surface area contributed by atoms with Gasteiger partial charge in [0.25, 0.3) is 0 Å². The van der Waals surface area contributed by atoms with Crippen LogP contribution in [0.25, 0.3) is 0 Å². The molecule has 0 aromatic heterocycles. The van der Waals surface area contributed by atoms with Crippen LogP contribution in [0.4, 0.5) is 0 Å². The summed E-state index contributed by atoms with van der Waals surface area (Å²) in [6.07, 6.45) is 0.732. The van der Waals surface area contributed by atoms with Gasteiger partial charge in [-0.3, -0.25) is 4.79 Å². The highest BCUT2D eigenvalue weighted by Crippen LogP contribution is 2.34. The van der Waals surface area contributed by atoms with Crippen molar-refractivity contribution in [3.05, 3.63) is 52.0 Å². The van der Waals surface area contributed by atoms with E-state index in [1.165, 1.54) is 7.11 Å². The number of benzene rings is 2. The van der Waals surface area contributed by atoms with E-state index in [9.17, 15) is 4.79 Å². The molecule has 0 fully saturated rings. The molecular weight excluding hydrogens is 324 g/mol. The number of carbonyl (C=O) groups is 1. The number of aliphatic hydroxyl groups is 1. The zero-order valence-corrected chi connectivity index (χ0v) is 12.4. The van der Waals surface area contributed by atoms with Gasteiger partial charge in [0.1, 0.15) is 5.75 Å². The molecule has 0 bridgehead atoms. The van der Waals surface area contributed by atoms with Crippen molar-refractivity contribution in [2.45, 2.75) is 6.61 Å². The lowest BCUT2D eigenvalue weighted by atomic mass is 10.2. The number of hydrogen-bond donors (Lipinski definition) is 1. The van der Waals surface area contributed by atoms with E-state index in [4.69, 9.17) is 14.6 Å². The molecule has 5 heteroatoms. The highest BCUT2D eigenvalue weighted by atomic mass is 79.9. The van der Waals surface area contributed by atoms with Crippen LogP contribution in [0, 0.1) is 0 Å². The van der Waals surface area contributed by atoms with Crippen molar-refractivity contribution in [1.82, 2.24) is 0 Å². The third-order valence-electron chi connectivity index (χ3n) is 2.73. The van der Waals surface area contributed by atoms with Crippen molar-refractivity contribution in [1.29, 1.82) is 0 Å². The topological polar surface area (TPSA) is 55.8 Å². The van der Waals surface area contributed by atoms with E-state index in [0.717, 1.165) is 16.3 Å². The summed E-state index contributed by atoms with van der Waals surface area (Å²) in [5.41, 5.74) is 1.17. The molecular formula is C15H13BrO4. The predicted octanol–water partition coefficient (Wildman–Crippen LogP) is 3.55. The minimum Gasteiger partial charge on any atom is -0.493 e. The predicted molar refractivity (Wildman–Crippen MR) is 78.5 cm³/mol. The molecule has 104 valence electrons. The molecule has 1 N–H and O–H groups in total. The summed E-state index contributed by atoms with van der Waals surface area (Å²) in [6, 6.07) is 10.3. The molecule has 0 aliphatic heterocycles. The zero-order chi connectivity index (χ0) is 14.5. The molecule has 0 radical (unpaired) electrons. The number of aliphatic hydroxyl groups excluding tert-OH is 1. The Morgan fingerprint density at radius 3 is 2.60 bits per heavy atom. The SMILES string of the molecule is COc1cc(CO)ccc1Oc1cc(Br)ccc1C=O. The summed E-state index contributed by atoms with van der Waals surface area (Å²) in [5, 5.41) is 9.11. The molecule has 20 heavy (non-hydrogen) atoms. The lowest BCUT2D eigenvalue weighted by Gasteiger charge is -2.13. The Morgan fingerprint density at radius 2 is 1.95 bits per heavy atom. The molecule has 4 nitrogen and oxygen atoms in total. The van der Waals surface area contributed by atoms with E-state index in [1.807, 2.05) is 0 Å². The second-order valence-corrected chi connectivity index (χ2v) is 4.96. The average molecular weight is 337 g/mol. The van der Waals surface area contributed by atoms with Gasteiger partial charge in [-0.2, -0.15) is 0 Å². The first-order valence-electron chi connectivity index (χ1n) is 5.88. The molecule has 2 rings (SSSR count). The van der Waals surface area contributed by atoms with Crippen molar-refractivity contribution in [2.75, 3.05) is 7.11 Å². The number of halogens is 1. The summed E-state index contributed by atoms with van der Waals surface area (Å²) in [4.78, 5) is 11.0. The van der Waals surface area contributed by atoms with Gasteiger partial charge in [-0.05, 0) is 35.9 Å². The first kappa shape index (κ1) is 14.6. The van der Waals surface area contributed by atoms with E-state index in [0.29, 0.717) is 22.8 Å². The fourth-order valence-electron chi connectivity index (χ4n) is 1.71. The van der Waals surface area contributed by atoms with Gasteiger partial charge in [-0.1, -0.05) is 22.0 Å². The maximum absolute atomic E-state index is 11.0. The van der Waals surface area contributed by atoms with Crippen molar-refractivity contribution < 1.29 is 19.4 Å². The monoisotopic (exact) mass is 336 g/mol. The Morgan fingerprint density at radius 1 is 1.15 bits per heavy atom. The Hall–Kier alpha value is -1.85. The van der Waals surface area contributed by atoms with Crippen LogP contribution in [0.1, 0.15) is 15.9 Å². The van der Waals surface area contributed by atoms with Gasteiger partial charge < -0.3 is 14.6 Å². The van der Waals surface area contributed by atoms with E-state index < -0.39 is 0 Å². The van der Waals surface area contributed by atoms with Crippen LogP contribution in [0.5, 0.6) is 17.2 Å². The molecule has 0 atom stereocenters. The third-order valence-corrected chi connectivity index (χ3v) is 3.23. The van der Waals surface area contributed by atoms with Gasteiger partial charge >= 0.3 is 0 Å². The number of carbonyl (C=O) groups excluding carboxylic acids is 1. The van der Waals surface area contributed by atoms with Gasteiger partial charge in [0.15, 0.2) is 17.8 Å². The molecule has 2 aromatic rings. The lowest BCUT2D eigenvalue weighted by Crippen LogP contribution is -1.95. The van der Waals surface area contributed by atoms with Gasteiger partial charge in [-0.25, -0.2) is 0 Å². The summed E-state index contributed by atoms with van der Waals surface area (Å²) in [7, 11) is 1.52. The van der Waals surface area contributed by atoms with Crippen LogP contribution in [0.15, 0.2) is 40.9 Å². The van der Waals surface area contributed by atoms with Gasteiger partial charge in [0, 0.05) is 4.47 Å². The summed E-state index contributed by atoms with van der Waals surface area (Å²) in [5.74, 6) is 1.41. The first-order valence-corrected chi connectivity index (χ1v) is 6.67. The molecule has 0 aliphatic carbocycles. The van der Waals surface area contributed by atoms with Crippen molar-refractivity contribution in [3.63, 3.8) is 0 Å². The molecule has 0 amide bonds. The standard InChI is InChI=1S/C15H13BrO4/c1-19-15-6-10(8-17)2-5-13(15)20-14-7-12(16)4-3-11(14)9-18/h2-7,9,17H,8H2,1H3. The molecule has 0 unspecified atom stereocenters. The minimum atomic E-state index is -0.0763. The van der Waals surface area contributed by atoms with Crippen molar-refractivity contribution in [3.8, 4) is 17.2 Å². The van der Waals surface area contributed by atoms with Gasteiger partial charge in [0.2, 0.25) is 0 Å². The van der Waals surface area contributed by atoms with E-state index in [-0.39, 0.29) is 6.61 Å². The summed E-state index contributed by atoms with van der Waals surface area (Å²) >= 11 is 3.34. The first-order chi connectivity index (χ1) is 9.67. The summed E-state index contributed by atoms with van der Waals surface area (Å²) < 4.78 is 11.8. The Balaban J connectivity index is 2.39. The minimum absolute atomic E-state index is 0.0763. The number of ether oxygens (including phenoxy) is 2. The van der Waals surface area contributed by atoms with E-state index in [2.05, 4.69) is 15.9 Å². The van der Waals surface area contributed by atoms with Crippen LogP contribution in [-0.2, 0) is 6.61 Å². The lowest BCUT2D eigenvalue weighted by molar-refractivity contribution is 0.112. The van der Waals surface area contributed by atoms with Crippen LogP contribution >= 0.6 is 15.9 Å². The molecule has 0 spiro atoms. The number of aldehydes is 1. The number of hydrogen-bond acceptors (Lipinski definition) is 4. The normalized spacial score (nSPS) is 10.2. The zero-order valence-electron chi connectivity index (χ0n) is 10.8. The van der Waals surface area contributed by atoms with E-state index >= 15 is 0 Å². The van der Waals surface area contributed by atoms with Crippen LogP contribution < -0.4 is 9.47 Å². The third kappa shape index (κ3) is 3.18. The van der Waals surface area contributed by atoms with Crippen molar-refractivity contribution >= 4 is 22.2 Å². The Kier molecular flexibility index (Phi) is 4.76. The van der Waals surface area contributed by atoms with Crippen molar-refractivity contribution in [2.24, 2.45) is 0 Å². The van der Waals surface area contributed by atoms with Crippen LogP contribution in [0.2, 0.25) is 0 Å². The molecule has 0 saturated heterocycles. The van der Waals surface area contributed by atoms with Gasteiger partial charge in [-0.15, -0.1) is 0 Å². The molecule has 0 saturated carbocycles. The second kappa shape index (κ2) is 6.54. The van der Waals surface area contributed by atoms with E-state index in [1.54, 1.807) is 36.4 Å². The maximum atomic E-state index is 11.0. The highest BCUT2D eigenvalue weighted by molar-refractivity contribution is 9.10.